The Bertz CT molecular complexity index is 803. The van der Waals surface area contributed by atoms with Gasteiger partial charge in [0.2, 0.25) is 0 Å². The molecule has 1 atom stereocenters. The lowest BCUT2D eigenvalue weighted by molar-refractivity contribution is 0.0916. The first-order valence-electron chi connectivity index (χ1n) is 7.02. The summed E-state index contributed by atoms with van der Waals surface area (Å²) in [4.78, 5) is 16.7. The highest BCUT2D eigenvalue weighted by Crippen LogP contribution is 2.21. The van der Waals surface area contributed by atoms with E-state index in [-0.39, 0.29) is 18.0 Å². The summed E-state index contributed by atoms with van der Waals surface area (Å²) in [7, 11) is 0. The molecule has 0 N–H and O–H groups in total. The first-order valence-corrected chi connectivity index (χ1v) is 7.40. The molecule has 4 nitrogen and oxygen atoms in total. The number of benzene rings is 2. The number of ketones is 1. The summed E-state index contributed by atoms with van der Waals surface area (Å²) in [5.41, 5.74) is 0.946. The molecule has 23 heavy (non-hydrogen) atoms. The van der Waals surface area contributed by atoms with Gasteiger partial charge in [0, 0.05) is 17.0 Å². The summed E-state index contributed by atoms with van der Waals surface area (Å²) in [6.45, 7) is 0. The van der Waals surface area contributed by atoms with Crippen molar-refractivity contribution in [3.8, 4) is 0 Å². The first-order chi connectivity index (χ1) is 11.1. The molecule has 0 saturated carbocycles. The Kier molecular flexibility index (Phi) is 4.48. The number of carbonyl (C=O) groups is 1. The standard InChI is InChI=1S/C17H13ClFN3O/c18-14-7-5-12(6-8-14)17(23)16(22-11-20-10-21-22)9-13-3-1-2-4-15(13)19/h1-8,10-11,16H,9H2. The fraction of sp³-hybridized carbons (Fsp3) is 0.118. The number of hydrogen-bond donors (Lipinski definition) is 0. The zero-order chi connectivity index (χ0) is 16.2. The Morgan fingerprint density at radius 2 is 1.91 bits per heavy atom. The van der Waals surface area contributed by atoms with E-state index in [0.717, 1.165) is 0 Å². The van der Waals surface area contributed by atoms with E-state index in [0.29, 0.717) is 16.1 Å². The van der Waals surface area contributed by atoms with E-state index in [1.165, 1.54) is 23.4 Å². The molecule has 0 aliphatic rings. The Hall–Kier alpha value is -2.53. The molecule has 1 aromatic heterocycles. The number of carbonyl (C=O) groups excluding carboxylic acids is 1. The number of hydrogen-bond acceptors (Lipinski definition) is 3. The molecule has 1 heterocycles. The van der Waals surface area contributed by atoms with Gasteiger partial charge >= 0.3 is 0 Å². The zero-order valence-corrected chi connectivity index (χ0v) is 12.8. The van der Waals surface area contributed by atoms with Crippen LogP contribution in [0.25, 0.3) is 0 Å². The fourth-order valence-corrected chi connectivity index (χ4v) is 2.49. The Morgan fingerprint density at radius 3 is 2.57 bits per heavy atom. The van der Waals surface area contributed by atoms with Crippen LogP contribution in [0.2, 0.25) is 5.02 Å². The van der Waals surface area contributed by atoms with E-state index in [2.05, 4.69) is 10.1 Å². The largest absolute Gasteiger partial charge is 0.292 e. The van der Waals surface area contributed by atoms with Crippen LogP contribution in [0.15, 0.2) is 61.2 Å². The van der Waals surface area contributed by atoms with E-state index in [1.807, 2.05) is 0 Å². The predicted octanol–water partition coefficient (Wildman–Crippen LogP) is 3.74. The van der Waals surface area contributed by atoms with E-state index in [1.54, 1.807) is 42.5 Å². The third-order valence-corrected chi connectivity index (χ3v) is 3.81. The van der Waals surface area contributed by atoms with Gasteiger partial charge in [-0.15, -0.1) is 0 Å². The van der Waals surface area contributed by atoms with E-state index in [9.17, 15) is 9.18 Å². The van der Waals surface area contributed by atoms with Gasteiger partial charge < -0.3 is 0 Å². The van der Waals surface area contributed by atoms with Crippen LogP contribution in [-0.2, 0) is 6.42 Å². The molecule has 0 amide bonds. The molecule has 3 aromatic rings. The second kappa shape index (κ2) is 6.71. The van der Waals surface area contributed by atoms with Gasteiger partial charge in [-0.1, -0.05) is 29.8 Å². The van der Waals surface area contributed by atoms with E-state index >= 15 is 0 Å². The second-order valence-electron chi connectivity index (χ2n) is 5.06. The molecule has 0 fully saturated rings. The molecule has 3 rings (SSSR count). The van der Waals surface area contributed by atoms with Gasteiger partial charge in [-0.3, -0.25) is 4.79 Å². The lowest BCUT2D eigenvalue weighted by Crippen LogP contribution is -2.23. The molecule has 1 unspecified atom stereocenters. The van der Waals surface area contributed by atoms with Crippen molar-refractivity contribution in [1.29, 1.82) is 0 Å². The van der Waals surface area contributed by atoms with Crippen molar-refractivity contribution in [1.82, 2.24) is 14.8 Å². The first kappa shape index (κ1) is 15.4. The van der Waals surface area contributed by atoms with Crippen LogP contribution in [-0.4, -0.2) is 20.5 Å². The maximum absolute atomic E-state index is 13.9. The van der Waals surface area contributed by atoms with Crippen molar-refractivity contribution in [2.24, 2.45) is 0 Å². The molecule has 2 aromatic carbocycles. The topological polar surface area (TPSA) is 47.8 Å². The lowest BCUT2D eigenvalue weighted by atomic mass is 9.97. The number of Topliss-reactive ketones (excluding diaryl/α,β-unsaturated/α-hetero) is 1. The monoisotopic (exact) mass is 329 g/mol. The quantitative estimate of drug-likeness (QED) is 0.670. The van der Waals surface area contributed by atoms with Crippen LogP contribution in [0.1, 0.15) is 22.0 Å². The van der Waals surface area contributed by atoms with Crippen molar-refractivity contribution in [2.75, 3.05) is 0 Å². The molecule has 116 valence electrons. The third-order valence-electron chi connectivity index (χ3n) is 3.56. The minimum Gasteiger partial charge on any atom is -0.292 e. The second-order valence-corrected chi connectivity index (χ2v) is 5.49. The normalized spacial score (nSPS) is 12.1. The maximum atomic E-state index is 13.9. The molecular weight excluding hydrogens is 317 g/mol. The minimum absolute atomic E-state index is 0.171. The average molecular weight is 330 g/mol. The van der Waals surface area contributed by atoms with Crippen molar-refractivity contribution in [2.45, 2.75) is 12.5 Å². The van der Waals surface area contributed by atoms with E-state index in [4.69, 9.17) is 11.6 Å². The summed E-state index contributed by atoms with van der Waals surface area (Å²) in [5, 5.41) is 4.59. The average Bonchev–Trinajstić information content (AvgIpc) is 3.08. The summed E-state index contributed by atoms with van der Waals surface area (Å²) in [5.74, 6) is -0.517. The van der Waals surface area contributed by atoms with Crippen molar-refractivity contribution >= 4 is 17.4 Å². The highest BCUT2D eigenvalue weighted by molar-refractivity contribution is 6.30. The van der Waals surface area contributed by atoms with Crippen molar-refractivity contribution in [3.05, 3.63) is 83.2 Å². The van der Waals surface area contributed by atoms with Crippen LogP contribution >= 0.6 is 11.6 Å². The molecule has 0 aliphatic carbocycles. The number of aromatic nitrogens is 3. The number of halogens is 2. The number of rotatable bonds is 5. The van der Waals surface area contributed by atoms with Gasteiger partial charge in [0.25, 0.3) is 0 Å². The van der Waals surface area contributed by atoms with Gasteiger partial charge in [-0.2, -0.15) is 5.10 Å². The summed E-state index contributed by atoms with van der Waals surface area (Å²) >= 11 is 5.86. The van der Waals surface area contributed by atoms with Crippen LogP contribution in [0, 0.1) is 5.82 Å². The summed E-state index contributed by atoms with van der Waals surface area (Å²) < 4.78 is 15.4. The molecule has 0 aliphatic heterocycles. The Labute approximate surface area is 137 Å². The van der Waals surface area contributed by atoms with Crippen LogP contribution in [0.5, 0.6) is 0 Å². The van der Waals surface area contributed by atoms with E-state index < -0.39 is 6.04 Å². The maximum Gasteiger partial charge on any atom is 0.187 e. The highest BCUT2D eigenvalue weighted by atomic mass is 35.5. The molecule has 0 radical (unpaired) electrons. The molecule has 0 bridgehead atoms. The zero-order valence-electron chi connectivity index (χ0n) is 12.1. The number of nitrogens with zero attached hydrogens (tertiary/aromatic N) is 3. The van der Waals surface area contributed by atoms with Gasteiger partial charge in [-0.05, 0) is 35.9 Å². The van der Waals surface area contributed by atoms with Crippen LogP contribution in [0.4, 0.5) is 4.39 Å². The smallest absolute Gasteiger partial charge is 0.187 e. The third kappa shape index (κ3) is 3.46. The fourth-order valence-electron chi connectivity index (χ4n) is 2.36. The molecule has 0 spiro atoms. The molecule has 6 heteroatoms. The van der Waals surface area contributed by atoms with Gasteiger partial charge in [0.15, 0.2) is 5.78 Å². The Balaban J connectivity index is 1.95. The highest BCUT2D eigenvalue weighted by Gasteiger charge is 2.24. The molecular formula is C17H13ClFN3O. The van der Waals surface area contributed by atoms with Gasteiger partial charge in [0.05, 0.1) is 0 Å². The lowest BCUT2D eigenvalue weighted by Gasteiger charge is -2.16. The van der Waals surface area contributed by atoms with Crippen molar-refractivity contribution in [3.63, 3.8) is 0 Å². The van der Waals surface area contributed by atoms with Gasteiger partial charge in [0.1, 0.15) is 24.5 Å². The summed E-state index contributed by atoms with van der Waals surface area (Å²) in [6, 6.07) is 12.3. The van der Waals surface area contributed by atoms with Crippen LogP contribution < -0.4 is 0 Å². The minimum atomic E-state index is -0.671. The Morgan fingerprint density at radius 1 is 1.17 bits per heavy atom. The van der Waals surface area contributed by atoms with Gasteiger partial charge in [-0.25, -0.2) is 14.1 Å². The molecule has 0 saturated heterocycles. The SMILES string of the molecule is O=C(c1ccc(Cl)cc1)C(Cc1ccccc1F)n1cncn1. The summed E-state index contributed by atoms with van der Waals surface area (Å²) in [6.07, 6.45) is 3.00. The van der Waals surface area contributed by atoms with Crippen LogP contribution in [0.3, 0.4) is 0 Å². The van der Waals surface area contributed by atoms with Crippen molar-refractivity contribution < 1.29 is 9.18 Å². The predicted molar refractivity (Wildman–Crippen MR) is 84.9 cm³/mol.